The molecule has 0 saturated carbocycles. The summed E-state index contributed by atoms with van der Waals surface area (Å²) in [5.41, 5.74) is 2.00. The highest BCUT2D eigenvalue weighted by atomic mass is 16.7. The molecule has 1 aromatic carbocycles. The molecule has 2 heterocycles. The van der Waals surface area contributed by atoms with Crippen LogP contribution in [0.25, 0.3) is 0 Å². The van der Waals surface area contributed by atoms with Gasteiger partial charge in [0.25, 0.3) is 0 Å². The third-order valence-corrected chi connectivity index (χ3v) is 3.32. The number of hydrogen-bond donors (Lipinski definition) is 1. The molecule has 2 aromatic rings. The van der Waals surface area contributed by atoms with E-state index < -0.39 is 0 Å². The van der Waals surface area contributed by atoms with Gasteiger partial charge in [-0.05, 0) is 43.7 Å². The summed E-state index contributed by atoms with van der Waals surface area (Å²) in [4.78, 5) is 4.24. The van der Waals surface area contributed by atoms with Gasteiger partial charge in [-0.3, -0.25) is 0 Å². The average molecular weight is 286 g/mol. The second-order valence-corrected chi connectivity index (χ2v) is 4.77. The lowest BCUT2D eigenvalue weighted by molar-refractivity contribution is 0.174. The summed E-state index contributed by atoms with van der Waals surface area (Å²) in [6.07, 6.45) is 1.72. The van der Waals surface area contributed by atoms with Crippen molar-refractivity contribution in [1.29, 1.82) is 0 Å². The molecule has 5 nitrogen and oxygen atoms in total. The van der Waals surface area contributed by atoms with E-state index >= 15 is 0 Å². The molecule has 1 N–H and O–H groups in total. The van der Waals surface area contributed by atoms with Crippen molar-refractivity contribution < 1.29 is 14.2 Å². The highest BCUT2D eigenvalue weighted by Crippen LogP contribution is 2.35. The fourth-order valence-corrected chi connectivity index (χ4v) is 2.25. The van der Waals surface area contributed by atoms with Gasteiger partial charge in [0.2, 0.25) is 12.7 Å². The zero-order chi connectivity index (χ0) is 14.7. The molecule has 0 bridgehead atoms. The highest BCUT2D eigenvalue weighted by Gasteiger charge is 2.16. The fourth-order valence-electron chi connectivity index (χ4n) is 2.25. The van der Waals surface area contributed by atoms with Crippen molar-refractivity contribution in [2.75, 3.05) is 18.7 Å². The van der Waals surface area contributed by atoms with Crippen LogP contribution >= 0.6 is 0 Å². The maximum atomic E-state index is 5.53. The fraction of sp³-hybridized carbons (Fsp3) is 0.312. The van der Waals surface area contributed by atoms with Gasteiger partial charge < -0.3 is 19.5 Å². The number of fused-ring (bicyclic) bond motifs is 1. The first-order chi connectivity index (χ1) is 10.3. The number of nitrogens with zero attached hydrogens (tertiary/aromatic N) is 1. The summed E-state index contributed by atoms with van der Waals surface area (Å²) in [6, 6.07) is 9.91. The summed E-state index contributed by atoms with van der Waals surface area (Å²) in [6.45, 7) is 4.90. The smallest absolute Gasteiger partial charge is 0.237 e. The number of nitrogens with one attached hydrogen (secondary N) is 1. The Hall–Kier alpha value is -2.43. The van der Waals surface area contributed by atoms with Gasteiger partial charge in [-0.2, -0.15) is 0 Å². The molecule has 1 unspecified atom stereocenters. The van der Waals surface area contributed by atoms with Crippen LogP contribution in [0.3, 0.4) is 0 Å². The predicted molar refractivity (Wildman–Crippen MR) is 80.0 cm³/mol. The van der Waals surface area contributed by atoms with Crippen LogP contribution < -0.4 is 19.5 Å². The molecule has 1 atom stereocenters. The number of pyridine rings is 1. The number of rotatable bonds is 5. The average Bonchev–Trinajstić information content (AvgIpc) is 2.97. The van der Waals surface area contributed by atoms with Crippen molar-refractivity contribution in [2.45, 2.75) is 19.9 Å². The van der Waals surface area contributed by atoms with Gasteiger partial charge in [-0.25, -0.2) is 4.98 Å². The van der Waals surface area contributed by atoms with Crippen molar-refractivity contribution in [2.24, 2.45) is 0 Å². The largest absolute Gasteiger partial charge is 0.476 e. The first kappa shape index (κ1) is 13.5. The summed E-state index contributed by atoms with van der Waals surface area (Å²) in [5, 5.41) is 3.42. The zero-order valence-electron chi connectivity index (χ0n) is 12.1. The molecule has 0 amide bonds. The lowest BCUT2D eigenvalue weighted by atomic mass is 10.1. The second kappa shape index (κ2) is 5.91. The van der Waals surface area contributed by atoms with E-state index in [1.54, 1.807) is 6.20 Å². The SMILES string of the molecule is CCOc1ncccc1NC(C)c1ccc2c(c1)OCO2. The summed E-state index contributed by atoms with van der Waals surface area (Å²) < 4.78 is 16.3. The van der Waals surface area contributed by atoms with Crippen LogP contribution in [0.5, 0.6) is 17.4 Å². The molecule has 3 rings (SSSR count). The lowest BCUT2D eigenvalue weighted by Crippen LogP contribution is -2.09. The molecule has 1 aliphatic rings. The van der Waals surface area contributed by atoms with E-state index in [4.69, 9.17) is 14.2 Å². The van der Waals surface area contributed by atoms with Crippen LogP contribution in [-0.2, 0) is 0 Å². The number of ether oxygens (including phenoxy) is 3. The van der Waals surface area contributed by atoms with Crippen LogP contribution in [0.1, 0.15) is 25.5 Å². The molecular weight excluding hydrogens is 268 g/mol. The van der Waals surface area contributed by atoms with Gasteiger partial charge in [-0.1, -0.05) is 6.07 Å². The number of hydrogen-bond acceptors (Lipinski definition) is 5. The first-order valence-corrected chi connectivity index (χ1v) is 7.02. The Morgan fingerprint density at radius 2 is 2.14 bits per heavy atom. The molecular formula is C16H18N2O3. The Balaban J connectivity index is 1.78. The minimum Gasteiger partial charge on any atom is -0.476 e. The monoisotopic (exact) mass is 286 g/mol. The third-order valence-electron chi connectivity index (χ3n) is 3.32. The molecule has 0 spiro atoms. The third kappa shape index (κ3) is 2.86. The van der Waals surface area contributed by atoms with Gasteiger partial charge in [0, 0.05) is 12.2 Å². The maximum Gasteiger partial charge on any atom is 0.237 e. The van der Waals surface area contributed by atoms with Gasteiger partial charge in [0.15, 0.2) is 11.5 Å². The minimum absolute atomic E-state index is 0.0999. The first-order valence-electron chi connectivity index (χ1n) is 7.02. The van der Waals surface area contributed by atoms with Crippen LogP contribution in [0.4, 0.5) is 5.69 Å². The highest BCUT2D eigenvalue weighted by molar-refractivity contribution is 5.54. The topological polar surface area (TPSA) is 52.6 Å². The second-order valence-electron chi connectivity index (χ2n) is 4.77. The van der Waals surface area contributed by atoms with Crippen LogP contribution in [0, 0.1) is 0 Å². The predicted octanol–water partition coefficient (Wildman–Crippen LogP) is 3.38. The Morgan fingerprint density at radius 3 is 3.00 bits per heavy atom. The molecule has 0 saturated heterocycles. The van der Waals surface area contributed by atoms with Crippen molar-refractivity contribution >= 4 is 5.69 Å². The Bertz CT molecular complexity index is 631. The molecule has 1 aromatic heterocycles. The van der Waals surface area contributed by atoms with E-state index in [1.165, 1.54) is 0 Å². The van der Waals surface area contributed by atoms with E-state index in [-0.39, 0.29) is 12.8 Å². The standard InChI is InChI=1S/C16H18N2O3/c1-3-19-16-13(5-4-8-17-16)18-11(2)12-6-7-14-15(9-12)21-10-20-14/h4-9,11,18H,3,10H2,1-2H3. The Labute approximate surface area is 123 Å². The number of benzene rings is 1. The Morgan fingerprint density at radius 1 is 1.29 bits per heavy atom. The van der Waals surface area contributed by atoms with Gasteiger partial charge in [0.1, 0.15) is 0 Å². The Kier molecular flexibility index (Phi) is 3.81. The molecule has 5 heteroatoms. The van der Waals surface area contributed by atoms with Gasteiger partial charge in [0.05, 0.1) is 12.3 Å². The summed E-state index contributed by atoms with van der Waals surface area (Å²) >= 11 is 0. The van der Waals surface area contributed by atoms with E-state index in [1.807, 2.05) is 37.3 Å². The van der Waals surface area contributed by atoms with Crippen molar-refractivity contribution in [3.8, 4) is 17.4 Å². The van der Waals surface area contributed by atoms with Crippen molar-refractivity contribution in [1.82, 2.24) is 4.98 Å². The van der Waals surface area contributed by atoms with E-state index in [2.05, 4.69) is 17.2 Å². The maximum absolute atomic E-state index is 5.53. The molecule has 0 aliphatic carbocycles. The van der Waals surface area contributed by atoms with Crippen LogP contribution in [0.15, 0.2) is 36.5 Å². The lowest BCUT2D eigenvalue weighted by Gasteiger charge is -2.18. The molecule has 21 heavy (non-hydrogen) atoms. The van der Waals surface area contributed by atoms with E-state index in [0.29, 0.717) is 12.5 Å². The quantitative estimate of drug-likeness (QED) is 0.913. The zero-order valence-corrected chi connectivity index (χ0v) is 12.1. The molecule has 0 radical (unpaired) electrons. The van der Waals surface area contributed by atoms with E-state index in [0.717, 1.165) is 22.7 Å². The summed E-state index contributed by atoms with van der Waals surface area (Å²) in [7, 11) is 0. The minimum atomic E-state index is 0.0999. The molecule has 110 valence electrons. The number of aromatic nitrogens is 1. The van der Waals surface area contributed by atoms with Gasteiger partial charge in [-0.15, -0.1) is 0 Å². The van der Waals surface area contributed by atoms with Crippen molar-refractivity contribution in [3.05, 3.63) is 42.1 Å². The summed E-state index contributed by atoms with van der Waals surface area (Å²) in [5.74, 6) is 2.20. The number of anilines is 1. The van der Waals surface area contributed by atoms with Gasteiger partial charge >= 0.3 is 0 Å². The van der Waals surface area contributed by atoms with Crippen LogP contribution in [0.2, 0.25) is 0 Å². The van der Waals surface area contributed by atoms with E-state index in [9.17, 15) is 0 Å². The van der Waals surface area contributed by atoms with Crippen molar-refractivity contribution in [3.63, 3.8) is 0 Å². The normalized spacial score (nSPS) is 13.8. The van der Waals surface area contributed by atoms with Crippen LogP contribution in [-0.4, -0.2) is 18.4 Å². The molecule has 0 fully saturated rings. The molecule has 1 aliphatic heterocycles.